The van der Waals surface area contributed by atoms with Crippen molar-refractivity contribution in [2.45, 2.75) is 13.3 Å². The van der Waals surface area contributed by atoms with Gasteiger partial charge in [-0.05, 0) is 30.7 Å². The van der Waals surface area contributed by atoms with Gasteiger partial charge in [-0.1, -0.05) is 6.92 Å². The molecule has 2 N–H and O–H groups in total. The fourth-order valence-corrected chi connectivity index (χ4v) is 1.63. The minimum absolute atomic E-state index is 0.103. The second-order valence-corrected chi connectivity index (χ2v) is 3.76. The summed E-state index contributed by atoms with van der Waals surface area (Å²) in [6.45, 7) is 1.92. The summed E-state index contributed by atoms with van der Waals surface area (Å²) in [7, 11) is 0. The maximum Gasteiger partial charge on any atom is 0.220 e. The van der Waals surface area contributed by atoms with E-state index in [9.17, 15) is 4.39 Å². The van der Waals surface area contributed by atoms with Crippen molar-refractivity contribution in [3.63, 3.8) is 0 Å². The zero-order valence-electron chi connectivity index (χ0n) is 9.81. The standard InChI is InChI=1S/C13H11FN4/c1-2-9-6-12(18-13(16)17-9)10-5-8(7-15)3-4-11(10)14/h3-6H,2H2,1H3,(H2,16,17,18). The minimum atomic E-state index is -0.436. The van der Waals surface area contributed by atoms with Gasteiger partial charge >= 0.3 is 0 Å². The molecule has 90 valence electrons. The Morgan fingerprint density at radius 1 is 1.33 bits per heavy atom. The molecule has 0 aliphatic rings. The molecule has 0 saturated heterocycles. The van der Waals surface area contributed by atoms with E-state index in [4.69, 9.17) is 11.0 Å². The molecule has 0 atom stereocenters. The van der Waals surface area contributed by atoms with Crippen LogP contribution in [0.4, 0.5) is 10.3 Å². The maximum absolute atomic E-state index is 13.7. The first-order valence-corrected chi connectivity index (χ1v) is 5.47. The molecule has 0 aliphatic heterocycles. The average Bonchev–Trinajstić information content (AvgIpc) is 2.38. The van der Waals surface area contributed by atoms with Crippen LogP contribution >= 0.6 is 0 Å². The molecule has 2 rings (SSSR count). The van der Waals surface area contributed by atoms with E-state index in [0.29, 0.717) is 17.7 Å². The van der Waals surface area contributed by atoms with Crippen molar-refractivity contribution in [3.8, 4) is 17.3 Å². The van der Waals surface area contributed by atoms with Gasteiger partial charge in [-0.15, -0.1) is 0 Å². The van der Waals surface area contributed by atoms with Crippen LogP contribution in [-0.2, 0) is 6.42 Å². The molecule has 0 fully saturated rings. The topological polar surface area (TPSA) is 75.6 Å². The molecule has 1 aromatic carbocycles. The van der Waals surface area contributed by atoms with Gasteiger partial charge in [0.2, 0.25) is 5.95 Å². The summed E-state index contributed by atoms with van der Waals surface area (Å²) in [5.41, 5.74) is 7.35. The van der Waals surface area contributed by atoms with Crippen molar-refractivity contribution in [1.82, 2.24) is 9.97 Å². The minimum Gasteiger partial charge on any atom is -0.368 e. The van der Waals surface area contributed by atoms with Gasteiger partial charge in [0.25, 0.3) is 0 Å². The number of halogens is 1. The Hall–Kier alpha value is -2.48. The van der Waals surface area contributed by atoms with Crippen LogP contribution < -0.4 is 5.73 Å². The average molecular weight is 242 g/mol. The monoisotopic (exact) mass is 242 g/mol. The summed E-state index contributed by atoms with van der Waals surface area (Å²) in [6, 6.07) is 7.77. The molecular formula is C13H11FN4. The first kappa shape index (κ1) is 12.0. The number of nitrogens with zero attached hydrogens (tertiary/aromatic N) is 3. The van der Waals surface area contributed by atoms with Crippen molar-refractivity contribution in [2.24, 2.45) is 0 Å². The Balaban J connectivity index is 2.61. The van der Waals surface area contributed by atoms with Crippen LogP contribution in [0.5, 0.6) is 0 Å². The van der Waals surface area contributed by atoms with E-state index in [-0.39, 0.29) is 11.5 Å². The number of rotatable bonds is 2. The lowest BCUT2D eigenvalue weighted by atomic mass is 10.1. The molecule has 0 saturated carbocycles. The Morgan fingerprint density at radius 3 is 2.78 bits per heavy atom. The molecule has 0 spiro atoms. The zero-order chi connectivity index (χ0) is 13.1. The van der Waals surface area contributed by atoms with E-state index in [1.807, 2.05) is 13.0 Å². The highest BCUT2D eigenvalue weighted by molar-refractivity contribution is 5.63. The third-order valence-electron chi connectivity index (χ3n) is 2.53. The van der Waals surface area contributed by atoms with Crippen molar-refractivity contribution in [1.29, 1.82) is 5.26 Å². The molecule has 1 heterocycles. The Kier molecular flexibility index (Phi) is 3.20. The van der Waals surface area contributed by atoms with Crippen LogP contribution in [0.25, 0.3) is 11.3 Å². The van der Waals surface area contributed by atoms with E-state index in [0.717, 1.165) is 5.69 Å². The number of aryl methyl sites for hydroxylation is 1. The normalized spacial score (nSPS) is 10.1. The molecule has 1 aromatic heterocycles. The van der Waals surface area contributed by atoms with Crippen LogP contribution in [0.2, 0.25) is 0 Å². The molecule has 18 heavy (non-hydrogen) atoms. The van der Waals surface area contributed by atoms with Crippen LogP contribution in [0, 0.1) is 17.1 Å². The van der Waals surface area contributed by atoms with E-state index in [1.54, 1.807) is 6.07 Å². The molecule has 0 bridgehead atoms. The van der Waals surface area contributed by atoms with Crippen LogP contribution in [-0.4, -0.2) is 9.97 Å². The Morgan fingerprint density at radius 2 is 2.11 bits per heavy atom. The summed E-state index contributed by atoms with van der Waals surface area (Å²) in [5, 5.41) is 8.83. The van der Waals surface area contributed by atoms with Gasteiger partial charge in [-0.2, -0.15) is 5.26 Å². The van der Waals surface area contributed by atoms with Gasteiger partial charge in [-0.3, -0.25) is 0 Å². The summed E-state index contributed by atoms with van der Waals surface area (Å²) < 4.78 is 13.7. The van der Waals surface area contributed by atoms with Gasteiger partial charge in [-0.25, -0.2) is 14.4 Å². The van der Waals surface area contributed by atoms with E-state index in [2.05, 4.69) is 9.97 Å². The third kappa shape index (κ3) is 2.28. The van der Waals surface area contributed by atoms with Gasteiger partial charge < -0.3 is 5.73 Å². The number of hydrogen-bond donors (Lipinski definition) is 1. The first-order valence-electron chi connectivity index (χ1n) is 5.47. The Labute approximate surface area is 104 Å². The van der Waals surface area contributed by atoms with Gasteiger partial charge in [0.15, 0.2) is 0 Å². The zero-order valence-corrected chi connectivity index (χ0v) is 9.81. The number of nitriles is 1. The first-order chi connectivity index (χ1) is 8.63. The number of aromatic nitrogens is 2. The summed E-state index contributed by atoms with van der Waals surface area (Å²) >= 11 is 0. The molecule has 0 unspecified atom stereocenters. The summed E-state index contributed by atoms with van der Waals surface area (Å²) in [4.78, 5) is 8.03. The number of benzene rings is 1. The fraction of sp³-hybridized carbons (Fsp3) is 0.154. The third-order valence-corrected chi connectivity index (χ3v) is 2.53. The molecule has 0 amide bonds. The maximum atomic E-state index is 13.7. The predicted octanol–water partition coefficient (Wildman–Crippen LogP) is 2.30. The lowest BCUT2D eigenvalue weighted by molar-refractivity contribution is 0.630. The second-order valence-electron chi connectivity index (χ2n) is 3.76. The number of anilines is 1. The number of hydrogen-bond acceptors (Lipinski definition) is 4. The molecule has 0 radical (unpaired) electrons. The lowest BCUT2D eigenvalue weighted by Crippen LogP contribution is -2.01. The predicted molar refractivity (Wildman–Crippen MR) is 65.9 cm³/mol. The van der Waals surface area contributed by atoms with Gasteiger partial charge in [0.1, 0.15) is 5.82 Å². The summed E-state index contributed by atoms with van der Waals surface area (Å²) in [6.07, 6.45) is 0.680. The van der Waals surface area contributed by atoms with E-state index < -0.39 is 5.82 Å². The van der Waals surface area contributed by atoms with Gasteiger partial charge in [0.05, 0.1) is 17.3 Å². The molecular weight excluding hydrogens is 231 g/mol. The van der Waals surface area contributed by atoms with E-state index >= 15 is 0 Å². The smallest absolute Gasteiger partial charge is 0.220 e. The largest absolute Gasteiger partial charge is 0.368 e. The highest BCUT2D eigenvalue weighted by Gasteiger charge is 2.10. The lowest BCUT2D eigenvalue weighted by Gasteiger charge is -2.06. The SMILES string of the molecule is CCc1cc(-c2cc(C#N)ccc2F)nc(N)n1. The molecule has 0 aliphatic carbocycles. The summed E-state index contributed by atoms with van der Waals surface area (Å²) in [5.74, 6) is -0.333. The number of nitrogen functional groups attached to an aromatic ring is 1. The van der Waals surface area contributed by atoms with Crippen molar-refractivity contribution in [2.75, 3.05) is 5.73 Å². The van der Waals surface area contributed by atoms with Crippen LogP contribution in [0.3, 0.4) is 0 Å². The van der Waals surface area contributed by atoms with Crippen LogP contribution in [0.15, 0.2) is 24.3 Å². The van der Waals surface area contributed by atoms with E-state index in [1.165, 1.54) is 18.2 Å². The van der Waals surface area contributed by atoms with Crippen molar-refractivity contribution >= 4 is 5.95 Å². The molecule has 4 nitrogen and oxygen atoms in total. The highest BCUT2D eigenvalue weighted by Crippen LogP contribution is 2.23. The quantitative estimate of drug-likeness (QED) is 0.876. The highest BCUT2D eigenvalue weighted by atomic mass is 19.1. The van der Waals surface area contributed by atoms with Crippen molar-refractivity contribution in [3.05, 3.63) is 41.3 Å². The second kappa shape index (κ2) is 4.80. The molecule has 5 heteroatoms. The number of nitrogens with two attached hydrogens (primary N) is 1. The van der Waals surface area contributed by atoms with Crippen molar-refractivity contribution < 1.29 is 4.39 Å². The van der Waals surface area contributed by atoms with Crippen LogP contribution in [0.1, 0.15) is 18.2 Å². The van der Waals surface area contributed by atoms with Gasteiger partial charge in [0, 0.05) is 11.3 Å². The fourth-order valence-electron chi connectivity index (χ4n) is 1.63. The Bertz CT molecular complexity index is 631. The molecule has 2 aromatic rings.